The molecule has 2 amide bonds. The van der Waals surface area contributed by atoms with Gasteiger partial charge in [0.25, 0.3) is 11.1 Å². The van der Waals surface area contributed by atoms with Gasteiger partial charge >= 0.3 is 0 Å². The largest absolute Gasteiger partial charge is 0.367 e. The maximum absolute atomic E-state index is 12.4. The zero-order valence-electron chi connectivity index (χ0n) is 12.0. The van der Waals surface area contributed by atoms with E-state index < -0.39 is 0 Å². The van der Waals surface area contributed by atoms with Crippen molar-refractivity contribution in [3.05, 3.63) is 69.5 Å². The quantitative estimate of drug-likeness (QED) is 0.780. The molecule has 2 aromatic rings. The molecule has 3 rings (SSSR count). The molecule has 23 heavy (non-hydrogen) atoms. The molecular weight excluding hydrogens is 376 g/mol. The van der Waals surface area contributed by atoms with Crippen molar-refractivity contribution in [2.24, 2.45) is 0 Å². The Bertz CT molecular complexity index is 760. The SMILES string of the molecule is O=C1S/C(=C/c2ccccc2)C(=O)N1CNc1ccc(Br)cc1. The van der Waals surface area contributed by atoms with Gasteiger partial charge in [0, 0.05) is 10.2 Å². The van der Waals surface area contributed by atoms with E-state index in [0.717, 1.165) is 27.5 Å². The molecule has 0 atom stereocenters. The topological polar surface area (TPSA) is 49.4 Å². The van der Waals surface area contributed by atoms with Crippen molar-refractivity contribution in [3.63, 3.8) is 0 Å². The van der Waals surface area contributed by atoms with Crippen LogP contribution in [-0.4, -0.2) is 22.7 Å². The molecule has 0 aromatic heterocycles. The molecule has 6 heteroatoms. The maximum atomic E-state index is 12.4. The van der Waals surface area contributed by atoms with E-state index in [2.05, 4.69) is 21.2 Å². The predicted molar refractivity (Wildman–Crippen MR) is 96.9 cm³/mol. The summed E-state index contributed by atoms with van der Waals surface area (Å²) < 4.78 is 0.972. The third-order valence-corrected chi connectivity index (χ3v) is 4.69. The van der Waals surface area contributed by atoms with Crippen LogP contribution in [0, 0.1) is 0 Å². The standard InChI is InChI=1S/C17H13BrN2O2S/c18-13-6-8-14(9-7-13)19-11-20-16(21)15(23-17(20)22)10-12-4-2-1-3-5-12/h1-10,19H,11H2/b15-10+. The van der Waals surface area contributed by atoms with Gasteiger partial charge in [0.15, 0.2) is 0 Å². The summed E-state index contributed by atoms with van der Waals surface area (Å²) in [6, 6.07) is 17.0. The van der Waals surface area contributed by atoms with E-state index in [0.29, 0.717) is 4.91 Å². The van der Waals surface area contributed by atoms with Crippen LogP contribution in [0.25, 0.3) is 6.08 Å². The molecule has 1 N–H and O–H groups in total. The molecular formula is C17H13BrN2O2S. The summed E-state index contributed by atoms with van der Waals surface area (Å²) in [6.07, 6.45) is 1.74. The van der Waals surface area contributed by atoms with Gasteiger partial charge in [0.2, 0.25) is 0 Å². The Morgan fingerprint density at radius 1 is 1.04 bits per heavy atom. The van der Waals surface area contributed by atoms with Gasteiger partial charge in [-0.25, -0.2) is 0 Å². The van der Waals surface area contributed by atoms with E-state index in [-0.39, 0.29) is 17.8 Å². The highest BCUT2D eigenvalue weighted by Gasteiger charge is 2.34. The first-order valence-electron chi connectivity index (χ1n) is 6.93. The number of nitrogens with zero attached hydrogens (tertiary/aromatic N) is 1. The average Bonchev–Trinajstić information content (AvgIpc) is 2.82. The van der Waals surface area contributed by atoms with Gasteiger partial charge in [0.1, 0.15) is 0 Å². The van der Waals surface area contributed by atoms with Gasteiger partial charge in [-0.1, -0.05) is 46.3 Å². The molecule has 1 aliphatic heterocycles. The summed E-state index contributed by atoms with van der Waals surface area (Å²) in [6.45, 7) is 0.151. The van der Waals surface area contributed by atoms with Crippen LogP contribution in [0.15, 0.2) is 64.0 Å². The van der Waals surface area contributed by atoms with E-state index in [1.165, 1.54) is 4.90 Å². The number of hydrogen-bond acceptors (Lipinski definition) is 4. The molecule has 1 fully saturated rings. The minimum absolute atomic E-state index is 0.151. The van der Waals surface area contributed by atoms with E-state index in [9.17, 15) is 9.59 Å². The number of carbonyl (C=O) groups excluding carboxylic acids is 2. The predicted octanol–water partition coefficient (Wildman–Crippen LogP) is 4.56. The molecule has 0 spiro atoms. The van der Waals surface area contributed by atoms with Gasteiger partial charge in [0.05, 0.1) is 11.6 Å². The number of nitrogens with one attached hydrogen (secondary N) is 1. The highest BCUT2D eigenvalue weighted by Crippen LogP contribution is 2.32. The molecule has 1 aliphatic rings. The first kappa shape index (κ1) is 15.8. The summed E-state index contributed by atoms with van der Waals surface area (Å²) in [5, 5.41) is 2.82. The zero-order chi connectivity index (χ0) is 16.2. The fourth-order valence-corrected chi connectivity index (χ4v) is 3.18. The van der Waals surface area contributed by atoms with Gasteiger partial charge < -0.3 is 5.32 Å². The number of imide groups is 1. The summed E-state index contributed by atoms with van der Waals surface area (Å²) in [7, 11) is 0. The number of benzene rings is 2. The number of thioether (sulfide) groups is 1. The Morgan fingerprint density at radius 2 is 1.74 bits per heavy atom. The molecule has 116 valence electrons. The number of halogens is 1. The number of hydrogen-bond donors (Lipinski definition) is 1. The summed E-state index contributed by atoms with van der Waals surface area (Å²) >= 11 is 4.33. The smallest absolute Gasteiger partial charge is 0.295 e. The van der Waals surface area contributed by atoms with E-state index in [1.54, 1.807) is 6.08 Å². The molecule has 0 unspecified atom stereocenters. The normalized spacial score (nSPS) is 16.2. The number of anilines is 1. The van der Waals surface area contributed by atoms with Crippen molar-refractivity contribution in [1.29, 1.82) is 0 Å². The minimum atomic E-state index is -0.270. The second-order valence-electron chi connectivity index (χ2n) is 4.86. The molecule has 1 heterocycles. The van der Waals surface area contributed by atoms with Gasteiger partial charge in [-0.05, 0) is 47.7 Å². The van der Waals surface area contributed by atoms with Crippen LogP contribution in [0.1, 0.15) is 5.56 Å². The van der Waals surface area contributed by atoms with Gasteiger partial charge in [-0.2, -0.15) is 0 Å². The highest BCUT2D eigenvalue weighted by atomic mass is 79.9. The fraction of sp³-hybridized carbons (Fsp3) is 0.0588. The molecule has 0 saturated carbocycles. The lowest BCUT2D eigenvalue weighted by molar-refractivity contribution is -0.122. The molecule has 2 aromatic carbocycles. The van der Waals surface area contributed by atoms with Crippen LogP contribution in [0.2, 0.25) is 0 Å². The van der Waals surface area contributed by atoms with Crippen LogP contribution >= 0.6 is 27.7 Å². The summed E-state index contributed by atoms with van der Waals surface area (Å²) in [5.41, 5.74) is 1.75. The maximum Gasteiger partial charge on any atom is 0.295 e. The third kappa shape index (κ3) is 3.83. The number of rotatable bonds is 4. The van der Waals surface area contributed by atoms with Crippen molar-refractivity contribution in [2.75, 3.05) is 12.0 Å². The number of carbonyl (C=O) groups is 2. The second kappa shape index (κ2) is 7.02. The van der Waals surface area contributed by atoms with Crippen molar-refractivity contribution >= 4 is 50.6 Å². The lowest BCUT2D eigenvalue weighted by Crippen LogP contribution is -2.33. The van der Waals surface area contributed by atoms with Crippen molar-refractivity contribution in [3.8, 4) is 0 Å². The van der Waals surface area contributed by atoms with Crippen LogP contribution < -0.4 is 5.32 Å². The van der Waals surface area contributed by atoms with Crippen molar-refractivity contribution in [2.45, 2.75) is 0 Å². The Morgan fingerprint density at radius 3 is 2.43 bits per heavy atom. The minimum Gasteiger partial charge on any atom is -0.367 e. The third-order valence-electron chi connectivity index (χ3n) is 3.26. The summed E-state index contributed by atoms with van der Waals surface area (Å²) in [5.74, 6) is -0.270. The van der Waals surface area contributed by atoms with Gasteiger partial charge in [-0.15, -0.1) is 0 Å². The number of amides is 2. The molecule has 0 bridgehead atoms. The van der Waals surface area contributed by atoms with Crippen molar-refractivity contribution in [1.82, 2.24) is 4.90 Å². The van der Waals surface area contributed by atoms with E-state index in [1.807, 2.05) is 54.6 Å². The fourth-order valence-electron chi connectivity index (χ4n) is 2.08. The molecule has 0 radical (unpaired) electrons. The zero-order valence-corrected chi connectivity index (χ0v) is 14.4. The first-order valence-corrected chi connectivity index (χ1v) is 8.54. The lowest BCUT2D eigenvalue weighted by Gasteiger charge is -2.14. The van der Waals surface area contributed by atoms with Crippen molar-refractivity contribution < 1.29 is 9.59 Å². The summed E-state index contributed by atoms with van der Waals surface area (Å²) in [4.78, 5) is 26.1. The Labute approximate surface area is 146 Å². The van der Waals surface area contributed by atoms with Crippen LogP contribution in [0.3, 0.4) is 0 Å². The second-order valence-corrected chi connectivity index (χ2v) is 6.77. The molecule has 0 aliphatic carbocycles. The van der Waals surface area contributed by atoms with Gasteiger partial charge in [-0.3, -0.25) is 14.5 Å². The van der Waals surface area contributed by atoms with Crippen LogP contribution in [-0.2, 0) is 4.79 Å². The average molecular weight is 389 g/mol. The first-order chi connectivity index (χ1) is 11.1. The van der Waals surface area contributed by atoms with E-state index in [4.69, 9.17) is 0 Å². The lowest BCUT2D eigenvalue weighted by atomic mass is 10.2. The van der Waals surface area contributed by atoms with Crippen LogP contribution in [0.4, 0.5) is 10.5 Å². The highest BCUT2D eigenvalue weighted by molar-refractivity contribution is 9.10. The Kier molecular flexibility index (Phi) is 4.83. The monoisotopic (exact) mass is 388 g/mol. The Balaban J connectivity index is 1.69. The Hall–Kier alpha value is -2.05. The molecule has 1 saturated heterocycles. The van der Waals surface area contributed by atoms with E-state index >= 15 is 0 Å². The molecule has 4 nitrogen and oxygen atoms in total. The van der Waals surface area contributed by atoms with Crippen LogP contribution in [0.5, 0.6) is 0 Å².